The molecule has 0 saturated carbocycles. The molecule has 1 aromatic rings. The van der Waals surface area contributed by atoms with Gasteiger partial charge in [-0.05, 0) is 46.9 Å². The third kappa shape index (κ3) is 2.87. The van der Waals surface area contributed by atoms with E-state index in [2.05, 4.69) is 32.8 Å². The van der Waals surface area contributed by atoms with Crippen molar-refractivity contribution < 1.29 is 8.42 Å². The highest BCUT2D eigenvalue weighted by Gasteiger charge is 2.39. The van der Waals surface area contributed by atoms with Gasteiger partial charge in [-0.25, -0.2) is 8.42 Å². The first-order chi connectivity index (χ1) is 9.57. The van der Waals surface area contributed by atoms with Crippen LogP contribution in [0.3, 0.4) is 0 Å². The van der Waals surface area contributed by atoms with Crippen molar-refractivity contribution in [3.05, 3.63) is 27.8 Å². The van der Waals surface area contributed by atoms with Crippen LogP contribution < -0.4 is 5.32 Å². The number of hydrogen-bond donors (Lipinski definition) is 1. The highest BCUT2D eigenvalue weighted by molar-refractivity contribution is 14.1. The Hall–Kier alpha value is -0.220. The fourth-order valence-electron chi connectivity index (χ4n) is 2.65. The molecule has 20 heavy (non-hydrogen) atoms. The molecule has 1 aromatic carbocycles. The Labute approximate surface area is 133 Å². The molecule has 3 rings (SSSR count). The monoisotopic (exact) mass is 407 g/mol. The summed E-state index contributed by atoms with van der Waals surface area (Å²) >= 11 is 2.18. The normalized spacial score (nSPS) is 22.6. The standard InChI is InChI=1S/C13H18IN3O2S/c14-11-1-3-13(4-2-11)20(18,19)17-9-12(10-17)16-7-5-15-6-8-16/h1-4,12,15H,5-10H2. The molecule has 0 aromatic heterocycles. The number of nitrogens with zero attached hydrogens (tertiary/aromatic N) is 2. The maximum absolute atomic E-state index is 12.4. The summed E-state index contributed by atoms with van der Waals surface area (Å²) in [6, 6.07) is 7.43. The van der Waals surface area contributed by atoms with Crippen molar-refractivity contribution in [3.8, 4) is 0 Å². The minimum atomic E-state index is -3.30. The molecule has 7 heteroatoms. The van der Waals surface area contributed by atoms with Gasteiger partial charge in [0.1, 0.15) is 0 Å². The first-order valence-electron chi connectivity index (χ1n) is 6.78. The summed E-state index contributed by atoms with van der Waals surface area (Å²) in [7, 11) is -3.30. The third-order valence-electron chi connectivity index (χ3n) is 3.95. The second kappa shape index (κ2) is 5.88. The van der Waals surface area contributed by atoms with Crippen molar-refractivity contribution in [1.29, 1.82) is 0 Å². The summed E-state index contributed by atoms with van der Waals surface area (Å²) in [5.74, 6) is 0. The van der Waals surface area contributed by atoms with Gasteiger partial charge in [0.05, 0.1) is 4.90 Å². The Morgan fingerprint density at radius 2 is 1.70 bits per heavy atom. The average Bonchev–Trinajstić information content (AvgIpc) is 2.38. The minimum Gasteiger partial charge on any atom is -0.314 e. The molecule has 0 radical (unpaired) electrons. The van der Waals surface area contributed by atoms with Crippen molar-refractivity contribution in [2.75, 3.05) is 39.3 Å². The second-order valence-electron chi connectivity index (χ2n) is 5.22. The molecule has 0 atom stereocenters. The molecule has 2 aliphatic heterocycles. The lowest BCUT2D eigenvalue weighted by Gasteiger charge is -2.45. The molecule has 0 aliphatic carbocycles. The van der Waals surface area contributed by atoms with Crippen LogP contribution in [0.2, 0.25) is 0 Å². The highest BCUT2D eigenvalue weighted by Crippen LogP contribution is 2.24. The van der Waals surface area contributed by atoms with Crippen LogP contribution >= 0.6 is 22.6 Å². The number of rotatable bonds is 3. The van der Waals surface area contributed by atoms with Crippen molar-refractivity contribution in [2.45, 2.75) is 10.9 Å². The molecule has 5 nitrogen and oxygen atoms in total. The summed E-state index contributed by atoms with van der Waals surface area (Å²) < 4.78 is 27.5. The molecule has 1 N–H and O–H groups in total. The van der Waals surface area contributed by atoms with Crippen LogP contribution in [-0.4, -0.2) is 62.9 Å². The SMILES string of the molecule is O=S(=O)(c1ccc(I)cc1)N1CC(N2CCNCC2)C1. The lowest BCUT2D eigenvalue weighted by atomic mass is 10.1. The predicted molar refractivity (Wildman–Crippen MR) is 86.1 cm³/mol. The van der Waals surface area contributed by atoms with Crippen molar-refractivity contribution in [2.24, 2.45) is 0 Å². The highest BCUT2D eigenvalue weighted by atomic mass is 127. The topological polar surface area (TPSA) is 52.7 Å². The largest absolute Gasteiger partial charge is 0.314 e. The summed E-state index contributed by atoms with van der Waals surface area (Å²) in [6.45, 7) is 5.27. The maximum Gasteiger partial charge on any atom is 0.243 e. The van der Waals surface area contributed by atoms with Crippen LogP contribution in [0.5, 0.6) is 0 Å². The number of hydrogen-bond acceptors (Lipinski definition) is 4. The smallest absolute Gasteiger partial charge is 0.243 e. The van der Waals surface area contributed by atoms with E-state index in [4.69, 9.17) is 0 Å². The summed E-state index contributed by atoms with van der Waals surface area (Å²) in [5.41, 5.74) is 0. The number of sulfonamides is 1. The summed E-state index contributed by atoms with van der Waals surface area (Å²) in [6.07, 6.45) is 0. The fourth-order valence-corrected chi connectivity index (χ4v) is 4.52. The number of nitrogens with one attached hydrogen (secondary N) is 1. The van der Waals surface area contributed by atoms with E-state index in [-0.39, 0.29) is 0 Å². The molecule has 0 unspecified atom stereocenters. The van der Waals surface area contributed by atoms with E-state index < -0.39 is 10.0 Å². The second-order valence-corrected chi connectivity index (χ2v) is 8.40. The molecular weight excluding hydrogens is 389 g/mol. The lowest BCUT2D eigenvalue weighted by Crippen LogP contribution is -2.63. The summed E-state index contributed by atoms with van der Waals surface area (Å²) in [5, 5.41) is 3.32. The van der Waals surface area contributed by atoms with Crippen LogP contribution in [0, 0.1) is 3.57 Å². The zero-order valence-corrected chi connectivity index (χ0v) is 14.1. The van der Waals surface area contributed by atoms with Crippen LogP contribution in [0.15, 0.2) is 29.2 Å². The van der Waals surface area contributed by atoms with Crippen LogP contribution in [-0.2, 0) is 10.0 Å². The third-order valence-corrected chi connectivity index (χ3v) is 6.51. The first kappa shape index (κ1) is 14.7. The fraction of sp³-hybridized carbons (Fsp3) is 0.538. The van der Waals surface area contributed by atoms with Gasteiger partial charge in [-0.15, -0.1) is 0 Å². The van der Waals surface area contributed by atoms with E-state index in [0.717, 1.165) is 29.7 Å². The number of halogens is 1. The van der Waals surface area contributed by atoms with Gasteiger partial charge in [0.2, 0.25) is 10.0 Å². The molecule has 0 spiro atoms. The van der Waals surface area contributed by atoms with E-state index in [1.54, 1.807) is 16.4 Å². The zero-order chi connectivity index (χ0) is 14.2. The number of piperazine rings is 1. The van der Waals surface area contributed by atoms with E-state index in [1.807, 2.05) is 12.1 Å². The van der Waals surface area contributed by atoms with Gasteiger partial charge in [-0.3, -0.25) is 4.90 Å². The first-order valence-corrected chi connectivity index (χ1v) is 9.30. The lowest BCUT2D eigenvalue weighted by molar-refractivity contribution is 0.0773. The van der Waals surface area contributed by atoms with Crippen LogP contribution in [0.25, 0.3) is 0 Å². The van der Waals surface area contributed by atoms with Crippen LogP contribution in [0.4, 0.5) is 0 Å². The van der Waals surface area contributed by atoms with Gasteiger partial charge in [0, 0.05) is 48.9 Å². The van der Waals surface area contributed by atoms with Crippen molar-refractivity contribution in [1.82, 2.24) is 14.5 Å². The molecule has 2 fully saturated rings. The maximum atomic E-state index is 12.4. The Morgan fingerprint density at radius 1 is 1.10 bits per heavy atom. The molecule has 2 saturated heterocycles. The van der Waals surface area contributed by atoms with Crippen molar-refractivity contribution in [3.63, 3.8) is 0 Å². The molecule has 0 bridgehead atoms. The van der Waals surface area contributed by atoms with Gasteiger partial charge < -0.3 is 5.32 Å². The Bertz CT molecular complexity index is 564. The van der Waals surface area contributed by atoms with E-state index in [1.165, 1.54) is 0 Å². The quantitative estimate of drug-likeness (QED) is 0.745. The molecule has 2 heterocycles. The summed E-state index contributed by atoms with van der Waals surface area (Å²) in [4.78, 5) is 2.79. The predicted octanol–water partition coefficient (Wildman–Crippen LogP) is 0.569. The number of benzene rings is 1. The van der Waals surface area contributed by atoms with Crippen LogP contribution in [0.1, 0.15) is 0 Å². The van der Waals surface area contributed by atoms with Crippen molar-refractivity contribution >= 4 is 32.6 Å². The van der Waals surface area contributed by atoms with Gasteiger partial charge >= 0.3 is 0 Å². The zero-order valence-electron chi connectivity index (χ0n) is 11.1. The average molecular weight is 407 g/mol. The Balaban J connectivity index is 1.64. The van der Waals surface area contributed by atoms with Gasteiger partial charge in [0.25, 0.3) is 0 Å². The van der Waals surface area contributed by atoms with E-state index in [9.17, 15) is 8.42 Å². The Kier molecular flexibility index (Phi) is 4.32. The van der Waals surface area contributed by atoms with Gasteiger partial charge in [0.15, 0.2) is 0 Å². The molecule has 110 valence electrons. The Morgan fingerprint density at radius 3 is 2.30 bits per heavy atom. The minimum absolute atomic E-state index is 0.385. The van der Waals surface area contributed by atoms with Gasteiger partial charge in [-0.1, -0.05) is 0 Å². The molecule has 0 amide bonds. The van der Waals surface area contributed by atoms with E-state index >= 15 is 0 Å². The van der Waals surface area contributed by atoms with E-state index in [0.29, 0.717) is 24.0 Å². The van der Waals surface area contributed by atoms with Gasteiger partial charge in [-0.2, -0.15) is 4.31 Å². The molecule has 2 aliphatic rings. The molecular formula is C13H18IN3O2S.